The lowest BCUT2D eigenvalue weighted by molar-refractivity contribution is -0.137. The van der Waals surface area contributed by atoms with Crippen molar-refractivity contribution in [3.8, 4) is 0 Å². The summed E-state index contributed by atoms with van der Waals surface area (Å²) in [5, 5.41) is 12.4. The van der Waals surface area contributed by atoms with Crippen molar-refractivity contribution in [2.75, 3.05) is 0 Å². The minimum Gasteiger partial charge on any atom is -0.481 e. The molecule has 0 radical (unpaired) electrons. The molecule has 0 aliphatic carbocycles. The number of halogens is 1. The highest BCUT2D eigenvalue weighted by molar-refractivity contribution is 9.10. The van der Waals surface area contributed by atoms with Crippen LogP contribution in [0.2, 0.25) is 0 Å². The Balaban J connectivity index is 1.92. The van der Waals surface area contributed by atoms with Crippen molar-refractivity contribution in [1.82, 2.24) is 10.1 Å². The lowest BCUT2D eigenvalue weighted by Crippen LogP contribution is -1.96. The Hall–Kier alpha value is -1.69. The number of hydrogen-bond acceptors (Lipinski definition) is 4. The van der Waals surface area contributed by atoms with Crippen LogP contribution in [0.3, 0.4) is 0 Å². The van der Waals surface area contributed by atoms with Crippen LogP contribution in [0.4, 0.5) is 0 Å². The molecule has 19 heavy (non-hydrogen) atoms. The first-order valence-electron chi connectivity index (χ1n) is 5.91. The molecule has 2 rings (SSSR count). The number of nitrogens with zero attached hydrogens (tertiary/aromatic N) is 2. The fourth-order valence-corrected chi connectivity index (χ4v) is 2.13. The van der Waals surface area contributed by atoms with Crippen molar-refractivity contribution in [3.05, 3.63) is 46.0 Å². The van der Waals surface area contributed by atoms with Gasteiger partial charge < -0.3 is 9.63 Å². The lowest BCUT2D eigenvalue weighted by atomic mass is 10.1. The molecule has 0 saturated heterocycles. The second-order valence-corrected chi connectivity index (χ2v) is 5.07. The van der Waals surface area contributed by atoms with Crippen molar-refractivity contribution in [1.29, 1.82) is 0 Å². The summed E-state index contributed by atoms with van der Waals surface area (Å²) in [7, 11) is 0. The summed E-state index contributed by atoms with van der Waals surface area (Å²) in [6.45, 7) is 0. The number of aliphatic carboxylic acids is 1. The number of aromatic nitrogens is 2. The number of carboxylic acid groups (broad SMARTS) is 1. The number of benzene rings is 1. The van der Waals surface area contributed by atoms with E-state index in [1.807, 2.05) is 24.3 Å². The second-order valence-electron chi connectivity index (χ2n) is 4.16. The van der Waals surface area contributed by atoms with Gasteiger partial charge in [-0.1, -0.05) is 33.2 Å². The van der Waals surface area contributed by atoms with Crippen LogP contribution in [-0.2, 0) is 17.6 Å². The zero-order valence-electron chi connectivity index (χ0n) is 10.2. The van der Waals surface area contributed by atoms with E-state index in [0.29, 0.717) is 31.0 Å². The average molecular weight is 325 g/mol. The predicted molar refractivity (Wildman–Crippen MR) is 71.8 cm³/mol. The van der Waals surface area contributed by atoms with Gasteiger partial charge in [-0.05, 0) is 24.1 Å². The molecule has 1 N–H and O–H groups in total. The number of carboxylic acids is 1. The van der Waals surface area contributed by atoms with Crippen molar-refractivity contribution in [2.45, 2.75) is 25.7 Å². The minimum atomic E-state index is -0.811. The summed E-state index contributed by atoms with van der Waals surface area (Å²) >= 11 is 3.41. The summed E-state index contributed by atoms with van der Waals surface area (Å²) in [6.07, 6.45) is 1.72. The molecule has 100 valence electrons. The van der Waals surface area contributed by atoms with Crippen LogP contribution in [0.25, 0.3) is 0 Å². The van der Waals surface area contributed by atoms with Crippen LogP contribution in [-0.4, -0.2) is 21.2 Å². The van der Waals surface area contributed by atoms with E-state index in [0.717, 1.165) is 10.0 Å². The summed E-state index contributed by atoms with van der Waals surface area (Å²) in [4.78, 5) is 14.6. The third-order valence-electron chi connectivity index (χ3n) is 2.54. The molecule has 0 saturated carbocycles. The first-order chi connectivity index (χ1) is 9.13. The van der Waals surface area contributed by atoms with Gasteiger partial charge in [0.15, 0.2) is 5.82 Å². The molecular weight excluding hydrogens is 312 g/mol. The topological polar surface area (TPSA) is 76.2 Å². The lowest BCUT2D eigenvalue weighted by Gasteiger charge is -1.96. The maximum Gasteiger partial charge on any atom is 0.303 e. The molecule has 1 aromatic heterocycles. The molecule has 0 amide bonds. The number of carbonyl (C=O) groups is 1. The molecule has 5 nitrogen and oxygen atoms in total. The Labute approximate surface area is 118 Å². The molecule has 6 heteroatoms. The Bertz CT molecular complexity index is 569. The van der Waals surface area contributed by atoms with Gasteiger partial charge in [0, 0.05) is 23.7 Å². The van der Waals surface area contributed by atoms with E-state index in [-0.39, 0.29) is 6.42 Å². The molecule has 0 bridgehead atoms. The number of rotatable bonds is 6. The zero-order valence-corrected chi connectivity index (χ0v) is 11.8. The number of aryl methyl sites for hydroxylation is 1. The molecule has 0 aliphatic heterocycles. The highest BCUT2D eigenvalue weighted by atomic mass is 79.9. The highest BCUT2D eigenvalue weighted by Gasteiger charge is 2.08. The summed E-state index contributed by atoms with van der Waals surface area (Å²) in [5.41, 5.74) is 1.09. The summed E-state index contributed by atoms with van der Waals surface area (Å²) in [6, 6.07) is 7.90. The van der Waals surface area contributed by atoms with Crippen LogP contribution in [0.1, 0.15) is 30.1 Å². The second kappa shape index (κ2) is 6.47. The number of hydrogen-bond donors (Lipinski definition) is 1. The Morgan fingerprint density at radius 1 is 1.42 bits per heavy atom. The molecule has 0 atom stereocenters. The van der Waals surface area contributed by atoms with Gasteiger partial charge in [-0.15, -0.1) is 0 Å². The average Bonchev–Trinajstić information content (AvgIpc) is 2.76. The van der Waals surface area contributed by atoms with E-state index in [9.17, 15) is 4.79 Å². The van der Waals surface area contributed by atoms with E-state index in [2.05, 4.69) is 26.1 Å². The van der Waals surface area contributed by atoms with E-state index < -0.39 is 5.97 Å². The fourth-order valence-electron chi connectivity index (χ4n) is 1.68. The largest absolute Gasteiger partial charge is 0.481 e. The van der Waals surface area contributed by atoms with Gasteiger partial charge in [0.05, 0.1) is 0 Å². The molecule has 0 spiro atoms. The third kappa shape index (κ3) is 4.48. The molecule has 2 aromatic rings. The van der Waals surface area contributed by atoms with Crippen molar-refractivity contribution >= 4 is 21.9 Å². The third-order valence-corrected chi connectivity index (χ3v) is 3.04. The Morgan fingerprint density at radius 2 is 2.26 bits per heavy atom. The van der Waals surface area contributed by atoms with Gasteiger partial charge in [-0.2, -0.15) is 4.98 Å². The van der Waals surface area contributed by atoms with Crippen molar-refractivity contribution < 1.29 is 14.4 Å². The van der Waals surface area contributed by atoms with Crippen LogP contribution in [0.15, 0.2) is 33.3 Å². The van der Waals surface area contributed by atoms with Crippen LogP contribution in [0, 0.1) is 0 Å². The molecular formula is C13H13BrN2O3. The van der Waals surface area contributed by atoms with Gasteiger partial charge in [0.2, 0.25) is 5.89 Å². The smallest absolute Gasteiger partial charge is 0.303 e. The zero-order chi connectivity index (χ0) is 13.7. The quantitative estimate of drug-likeness (QED) is 0.884. The normalized spacial score (nSPS) is 10.6. The first kappa shape index (κ1) is 13.7. The monoisotopic (exact) mass is 324 g/mol. The van der Waals surface area contributed by atoms with Gasteiger partial charge in [0.25, 0.3) is 0 Å². The Kier molecular flexibility index (Phi) is 4.68. The highest BCUT2D eigenvalue weighted by Crippen LogP contribution is 2.14. The van der Waals surface area contributed by atoms with Crippen LogP contribution < -0.4 is 0 Å². The van der Waals surface area contributed by atoms with Crippen LogP contribution in [0.5, 0.6) is 0 Å². The molecule has 0 aliphatic rings. The van der Waals surface area contributed by atoms with E-state index in [1.54, 1.807) is 0 Å². The SMILES string of the molecule is O=C(O)CCCc1nc(Cc2cccc(Br)c2)no1. The van der Waals surface area contributed by atoms with Crippen molar-refractivity contribution in [2.24, 2.45) is 0 Å². The van der Waals surface area contributed by atoms with Crippen molar-refractivity contribution in [3.63, 3.8) is 0 Å². The van der Waals surface area contributed by atoms with Gasteiger partial charge in [-0.3, -0.25) is 4.79 Å². The fraction of sp³-hybridized carbons (Fsp3) is 0.308. The van der Waals surface area contributed by atoms with Gasteiger partial charge in [0.1, 0.15) is 0 Å². The molecule has 0 fully saturated rings. The summed E-state index contributed by atoms with van der Waals surface area (Å²) in [5.74, 6) is 0.295. The maximum atomic E-state index is 10.4. The minimum absolute atomic E-state index is 0.114. The molecule has 0 unspecified atom stereocenters. The Morgan fingerprint density at radius 3 is 3.00 bits per heavy atom. The predicted octanol–water partition coefficient (Wildman–Crippen LogP) is 2.83. The molecule has 1 aromatic carbocycles. The van der Waals surface area contributed by atoms with Gasteiger partial charge >= 0.3 is 5.97 Å². The maximum absolute atomic E-state index is 10.4. The van der Waals surface area contributed by atoms with Gasteiger partial charge in [-0.25, -0.2) is 0 Å². The summed E-state index contributed by atoms with van der Waals surface area (Å²) < 4.78 is 6.09. The van der Waals surface area contributed by atoms with E-state index >= 15 is 0 Å². The van der Waals surface area contributed by atoms with Crippen LogP contribution >= 0.6 is 15.9 Å². The van der Waals surface area contributed by atoms with E-state index in [4.69, 9.17) is 9.63 Å². The first-order valence-corrected chi connectivity index (χ1v) is 6.70. The standard InChI is InChI=1S/C13H13BrN2O3/c14-10-4-1-3-9(7-10)8-11-15-12(19-16-11)5-2-6-13(17)18/h1,3-4,7H,2,5-6,8H2,(H,17,18). The molecule has 1 heterocycles. The van der Waals surface area contributed by atoms with E-state index in [1.165, 1.54) is 0 Å².